The molecule has 1 fully saturated rings. The van der Waals surface area contributed by atoms with Crippen LogP contribution in [-0.2, 0) is 14.6 Å². The molecule has 1 aliphatic rings. The maximum absolute atomic E-state index is 13.5. The molecule has 0 radical (unpaired) electrons. The van der Waals surface area contributed by atoms with Crippen molar-refractivity contribution in [3.05, 3.63) is 48.0 Å². The molecule has 0 N–H and O–H groups in total. The van der Waals surface area contributed by atoms with Crippen molar-refractivity contribution in [2.75, 3.05) is 25.2 Å². The zero-order valence-corrected chi connectivity index (χ0v) is 19.9. The minimum Gasteiger partial charge on any atom is -0.497 e. The molecule has 0 saturated carbocycles. The molecule has 0 aliphatic carbocycles. The van der Waals surface area contributed by atoms with Crippen molar-refractivity contribution in [3.63, 3.8) is 0 Å². The normalized spacial score (nSPS) is 16.6. The minimum atomic E-state index is -3.40. The van der Waals surface area contributed by atoms with E-state index >= 15 is 0 Å². The molecular weight excluding hydrogens is 448 g/mol. The van der Waals surface area contributed by atoms with E-state index in [1.54, 1.807) is 38.0 Å². The standard InChI is InChI=1S/C23H26N2O5S2/c1-15(2)32(27,28)19-9-6-16(7-10-19)22(26)25(14-18-5-4-12-30-18)23-24-20-13-17(29-3)8-11-21(20)31-23/h6-11,13,15,18H,4-5,12,14H2,1-3H3. The highest BCUT2D eigenvalue weighted by Gasteiger charge is 2.28. The van der Waals surface area contributed by atoms with Crippen molar-refractivity contribution in [2.24, 2.45) is 0 Å². The topological polar surface area (TPSA) is 85.8 Å². The smallest absolute Gasteiger partial charge is 0.260 e. The SMILES string of the molecule is COc1ccc2sc(N(CC3CCCO3)C(=O)c3ccc(S(=O)(=O)C(C)C)cc3)nc2c1. The Morgan fingerprint density at radius 3 is 2.62 bits per heavy atom. The predicted octanol–water partition coefficient (Wildman–Crippen LogP) is 4.31. The Labute approximate surface area is 191 Å². The summed E-state index contributed by atoms with van der Waals surface area (Å²) in [6.07, 6.45) is 1.79. The van der Waals surface area contributed by atoms with Crippen LogP contribution in [0, 0.1) is 0 Å². The largest absolute Gasteiger partial charge is 0.497 e. The molecule has 3 aromatic rings. The molecule has 1 amide bonds. The summed E-state index contributed by atoms with van der Waals surface area (Å²) in [6, 6.07) is 11.8. The number of carbonyl (C=O) groups excluding carboxylic acids is 1. The Balaban J connectivity index is 1.68. The van der Waals surface area contributed by atoms with Crippen molar-refractivity contribution < 1.29 is 22.7 Å². The van der Waals surface area contributed by atoms with Crippen LogP contribution in [0.15, 0.2) is 47.4 Å². The fourth-order valence-corrected chi connectivity index (χ4v) is 5.61. The summed E-state index contributed by atoms with van der Waals surface area (Å²) in [6.45, 7) is 4.35. The molecule has 4 rings (SSSR count). The molecule has 1 atom stereocenters. The monoisotopic (exact) mass is 474 g/mol. The van der Waals surface area contributed by atoms with Crippen LogP contribution in [0.3, 0.4) is 0 Å². The van der Waals surface area contributed by atoms with Gasteiger partial charge in [0.05, 0.1) is 40.1 Å². The van der Waals surface area contributed by atoms with Crippen LogP contribution >= 0.6 is 11.3 Å². The van der Waals surface area contributed by atoms with Gasteiger partial charge < -0.3 is 9.47 Å². The van der Waals surface area contributed by atoms with Crippen molar-refractivity contribution in [1.82, 2.24) is 4.98 Å². The first-order valence-electron chi connectivity index (χ1n) is 10.5. The van der Waals surface area contributed by atoms with Gasteiger partial charge in [-0.05, 0) is 63.1 Å². The molecule has 32 heavy (non-hydrogen) atoms. The van der Waals surface area contributed by atoms with Crippen LogP contribution in [0.25, 0.3) is 10.2 Å². The fraction of sp³-hybridized carbons (Fsp3) is 0.391. The number of fused-ring (bicyclic) bond motifs is 1. The van der Waals surface area contributed by atoms with Gasteiger partial charge in [-0.1, -0.05) is 11.3 Å². The van der Waals surface area contributed by atoms with E-state index in [1.807, 2.05) is 18.2 Å². The van der Waals surface area contributed by atoms with E-state index in [-0.39, 0.29) is 16.9 Å². The summed E-state index contributed by atoms with van der Waals surface area (Å²) in [5.74, 6) is 0.466. The Morgan fingerprint density at radius 1 is 1.25 bits per heavy atom. The summed E-state index contributed by atoms with van der Waals surface area (Å²) < 4.78 is 36.9. The van der Waals surface area contributed by atoms with Crippen LogP contribution in [0.2, 0.25) is 0 Å². The number of hydrogen-bond acceptors (Lipinski definition) is 7. The number of nitrogens with zero attached hydrogens (tertiary/aromatic N) is 2. The number of thiazole rings is 1. The molecule has 2 aromatic carbocycles. The van der Waals surface area contributed by atoms with E-state index in [0.717, 1.165) is 23.1 Å². The molecule has 1 unspecified atom stereocenters. The zero-order valence-electron chi connectivity index (χ0n) is 18.3. The first kappa shape index (κ1) is 22.7. The first-order valence-corrected chi connectivity index (χ1v) is 12.9. The first-order chi connectivity index (χ1) is 15.3. The van der Waals surface area contributed by atoms with Crippen LogP contribution in [0.5, 0.6) is 5.75 Å². The highest BCUT2D eigenvalue weighted by molar-refractivity contribution is 7.92. The number of sulfone groups is 1. The predicted molar refractivity (Wildman–Crippen MR) is 126 cm³/mol. The van der Waals surface area contributed by atoms with Crippen molar-refractivity contribution in [1.29, 1.82) is 0 Å². The fourth-order valence-electron chi connectivity index (χ4n) is 3.59. The number of benzene rings is 2. The number of amides is 1. The van der Waals surface area contributed by atoms with Crippen molar-refractivity contribution >= 4 is 42.4 Å². The number of rotatable bonds is 7. The molecule has 1 aromatic heterocycles. The summed E-state index contributed by atoms with van der Waals surface area (Å²) >= 11 is 1.43. The highest BCUT2D eigenvalue weighted by Crippen LogP contribution is 2.33. The number of methoxy groups -OCH3 is 1. The van der Waals surface area contributed by atoms with Crippen LogP contribution in [0.1, 0.15) is 37.0 Å². The van der Waals surface area contributed by atoms with Gasteiger partial charge in [0.2, 0.25) is 0 Å². The molecule has 7 nitrogen and oxygen atoms in total. The molecule has 2 heterocycles. The maximum Gasteiger partial charge on any atom is 0.260 e. The zero-order chi connectivity index (χ0) is 22.9. The Bertz CT molecular complexity index is 1210. The van der Waals surface area contributed by atoms with Gasteiger partial charge in [0, 0.05) is 18.2 Å². The third-order valence-corrected chi connectivity index (χ3v) is 8.75. The number of hydrogen-bond donors (Lipinski definition) is 0. The van der Waals surface area contributed by atoms with Gasteiger partial charge in [0.15, 0.2) is 15.0 Å². The van der Waals surface area contributed by atoms with E-state index in [0.29, 0.717) is 29.6 Å². The second-order valence-corrected chi connectivity index (χ2v) is 11.5. The number of anilines is 1. The minimum absolute atomic E-state index is 0.0545. The Hall–Kier alpha value is -2.49. The van der Waals surface area contributed by atoms with E-state index in [9.17, 15) is 13.2 Å². The molecule has 0 bridgehead atoms. The van der Waals surface area contributed by atoms with Gasteiger partial charge in [-0.25, -0.2) is 13.4 Å². The lowest BCUT2D eigenvalue weighted by molar-refractivity contribution is 0.0917. The number of carbonyl (C=O) groups is 1. The van der Waals surface area contributed by atoms with Crippen molar-refractivity contribution in [2.45, 2.75) is 42.9 Å². The molecule has 0 spiro atoms. The van der Waals surface area contributed by atoms with Gasteiger partial charge in [-0.15, -0.1) is 0 Å². The summed E-state index contributed by atoms with van der Waals surface area (Å²) in [5, 5.41) is 0.0486. The van der Waals surface area contributed by atoms with Gasteiger partial charge in [0.1, 0.15) is 5.75 Å². The molecule has 1 aliphatic heterocycles. The maximum atomic E-state index is 13.5. The second kappa shape index (κ2) is 9.17. The third kappa shape index (κ3) is 4.51. The van der Waals surface area contributed by atoms with Crippen molar-refractivity contribution in [3.8, 4) is 5.75 Å². The second-order valence-electron chi connectivity index (χ2n) is 8.00. The average Bonchev–Trinajstić information content (AvgIpc) is 3.45. The van der Waals surface area contributed by atoms with Gasteiger partial charge in [-0.2, -0.15) is 0 Å². The third-order valence-electron chi connectivity index (χ3n) is 5.52. The number of aromatic nitrogens is 1. The molecule has 170 valence electrons. The summed E-state index contributed by atoms with van der Waals surface area (Å²) in [4.78, 5) is 20.0. The van der Waals surface area contributed by atoms with Crippen LogP contribution < -0.4 is 9.64 Å². The van der Waals surface area contributed by atoms with Crippen LogP contribution in [-0.4, -0.2) is 50.9 Å². The van der Waals surface area contributed by atoms with Crippen LogP contribution in [0.4, 0.5) is 5.13 Å². The van der Waals surface area contributed by atoms with Gasteiger partial charge in [-0.3, -0.25) is 9.69 Å². The molecule has 9 heteroatoms. The lowest BCUT2D eigenvalue weighted by Crippen LogP contribution is -2.37. The van der Waals surface area contributed by atoms with E-state index < -0.39 is 15.1 Å². The summed E-state index contributed by atoms with van der Waals surface area (Å²) in [7, 11) is -1.80. The molecular formula is C23H26N2O5S2. The quantitative estimate of drug-likeness (QED) is 0.507. The Morgan fingerprint density at radius 2 is 2.00 bits per heavy atom. The van der Waals surface area contributed by atoms with Gasteiger partial charge >= 0.3 is 0 Å². The van der Waals surface area contributed by atoms with E-state index in [2.05, 4.69) is 4.98 Å². The average molecular weight is 475 g/mol. The van der Waals surface area contributed by atoms with Gasteiger partial charge in [0.25, 0.3) is 5.91 Å². The molecule has 1 saturated heterocycles. The lowest BCUT2D eigenvalue weighted by atomic mass is 10.2. The van der Waals surface area contributed by atoms with E-state index in [1.165, 1.54) is 23.5 Å². The lowest BCUT2D eigenvalue weighted by Gasteiger charge is -2.23. The van der Waals surface area contributed by atoms with E-state index in [4.69, 9.17) is 9.47 Å². The Kier molecular flexibility index (Phi) is 6.50. The highest BCUT2D eigenvalue weighted by atomic mass is 32.2. The summed E-state index contributed by atoms with van der Waals surface area (Å²) in [5.41, 5.74) is 1.16. The number of ether oxygens (including phenoxy) is 2.